The van der Waals surface area contributed by atoms with E-state index in [1.54, 1.807) is 43.3 Å². The average molecular weight is 346 g/mol. The number of anilines is 1. The summed E-state index contributed by atoms with van der Waals surface area (Å²) in [6.45, 7) is 1.86. The molecule has 2 N–H and O–H groups in total. The normalized spacial score (nSPS) is 11.0. The Morgan fingerprint density at radius 3 is 2.33 bits per heavy atom. The van der Waals surface area contributed by atoms with E-state index in [-0.39, 0.29) is 23.8 Å². The molecule has 5 nitrogen and oxygen atoms in total. The number of rotatable bonds is 6. The molecule has 0 atom stereocenters. The van der Waals surface area contributed by atoms with E-state index in [9.17, 15) is 14.7 Å². The zero-order valence-electron chi connectivity index (χ0n) is 13.0. The summed E-state index contributed by atoms with van der Waals surface area (Å²) in [7, 11) is 0. The molecule has 2 aromatic rings. The molecular formula is C18H16ClNO4. The standard InChI is InChI=1S/C18H16ClNO4/c1-2-24-18(23)16(20-14-7-9-15(21)10-8-14)11-17(22)12-3-5-13(19)6-4-12/h3-11,20-21H,2H2,1H3/b16-11+. The van der Waals surface area contributed by atoms with Crippen LogP contribution in [0.3, 0.4) is 0 Å². The largest absolute Gasteiger partial charge is 0.508 e. The van der Waals surface area contributed by atoms with Crippen molar-refractivity contribution in [2.45, 2.75) is 6.92 Å². The van der Waals surface area contributed by atoms with Crippen molar-refractivity contribution in [3.05, 3.63) is 70.9 Å². The molecule has 124 valence electrons. The SMILES string of the molecule is CCOC(=O)/C(=C\C(=O)c1ccc(Cl)cc1)Nc1ccc(O)cc1. The van der Waals surface area contributed by atoms with Gasteiger partial charge >= 0.3 is 5.97 Å². The third-order valence-corrected chi connectivity index (χ3v) is 3.30. The molecule has 2 rings (SSSR count). The van der Waals surface area contributed by atoms with Gasteiger partial charge in [0, 0.05) is 22.3 Å². The summed E-state index contributed by atoms with van der Waals surface area (Å²) in [5.41, 5.74) is 0.937. The average Bonchev–Trinajstić information content (AvgIpc) is 2.57. The summed E-state index contributed by atoms with van der Waals surface area (Å²) in [4.78, 5) is 24.4. The molecule has 0 aliphatic rings. The van der Waals surface area contributed by atoms with Crippen molar-refractivity contribution >= 4 is 29.0 Å². The maximum Gasteiger partial charge on any atom is 0.354 e. The Morgan fingerprint density at radius 1 is 1.12 bits per heavy atom. The van der Waals surface area contributed by atoms with E-state index >= 15 is 0 Å². The van der Waals surface area contributed by atoms with Gasteiger partial charge in [0.15, 0.2) is 5.78 Å². The summed E-state index contributed by atoms with van der Waals surface area (Å²) in [5.74, 6) is -0.909. The number of hydrogen-bond acceptors (Lipinski definition) is 5. The summed E-state index contributed by atoms with van der Waals surface area (Å²) >= 11 is 5.80. The van der Waals surface area contributed by atoms with Gasteiger partial charge in [-0.1, -0.05) is 11.6 Å². The molecule has 0 radical (unpaired) electrons. The van der Waals surface area contributed by atoms with E-state index in [0.717, 1.165) is 0 Å². The second kappa shape index (κ2) is 8.17. The lowest BCUT2D eigenvalue weighted by molar-refractivity contribution is -0.138. The van der Waals surface area contributed by atoms with Gasteiger partial charge in [-0.3, -0.25) is 4.79 Å². The van der Waals surface area contributed by atoms with Crippen LogP contribution in [0.4, 0.5) is 5.69 Å². The zero-order chi connectivity index (χ0) is 17.5. The number of esters is 1. The number of carbonyl (C=O) groups excluding carboxylic acids is 2. The van der Waals surface area contributed by atoms with Crippen molar-refractivity contribution in [2.24, 2.45) is 0 Å². The quantitative estimate of drug-likeness (QED) is 0.360. The third-order valence-electron chi connectivity index (χ3n) is 3.05. The number of halogens is 1. The van der Waals surface area contributed by atoms with Gasteiger partial charge in [-0.15, -0.1) is 0 Å². The number of ketones is 1. The minimum atomic E-state index is -0.645. The molecule has 24 heavy (non-hydrogen) atoms. The maximum atomic E-state index is 12.3. The molecule has 0 saturated carbocycles. The molecule has 0 aromatic heterocycles. The molecule has 0 saturated heterocycles. The highest BCUT2D eigenvalue weighted by molar-refractivity contribution is 6.30. The van der Waals surface area contributed by atoms with Crippen LogP contribution >= 0.6 is 11.6 Å². The van der Waals surface area contributed by atoms with Crippen LogP contribution in [-0.2, 0) is 9.53 Å². The van der Waals surface area contributed by atoms with Crippen LogP contribution in [0.15, 0.2) is 60.3 Å². The summed E-state index contributed by atoms with van der Waals surface area (Å²) in [6.07, 6.45) is 1.17. The lowest BCUT2D eigenvalue weighted by Crippen LogP contribution is -2.16. The fourth-order valence-corrected chi connectivity index (χ4v) is 2.01. The third kappa shape index (κ3) is 4.86. The van der Waals surface area contributed by atoms with Crippen LogP contribution in [0.5, 0.6) is 5.75 Å². The van der Waals surface area contributed by atoms with Crippen LogP contribution in [0.1, 0.15) is 17.3 Å². The highest BCUT2D eigenvalue weighted by Crippen LogP contribution is 2.17. The van der Waals surface area contributed by atoms with Crippen LogP contribution < -0.4 is 5.32 Å². The number of allylic oxidation sites excluding steroid dienone is 1. The van der Waals surface area contributed by atoms with Gasteiger partial charge in [0.2, 0.25) is 0 Å². The van der Waals surface area contributed by atoms with Crippen molar-refractivity contribution in [1.29, 1.82) is 0 Å². The van der Waals surface area contributed by atoms with E-state index in [1.807, 2.05) is 0 Å². The molecule has 0 unspecified atom stereocenters. The predicted octanol–water partition coefficient (Wildman–Crippen LogP) is 3.79. The van der Waals surface area contributed by atoms with Gasteiger partial charge in [0.1, 0.15) is 11.4 Å². The van der Waals surface area contributed by atoms with E-state index < -0.39 is 5.97 Å². The van der Waals surface area contributed by atoms with Gasteiger partial charge in [0.05, 0.1) is 6.61 Å². The number of carbonyl (C=O) groups is 2. The van der Waals surface area contributed by atoms with Gasteiger partial charge in [0.25, 0.3) is 0 Å². The number of benzene rings is 2. The number of phenolic OH excluding ortho intramolecular Hbond substituents is 1. The van der Waals surface area contributed by atoms with E-state index in [0.29, 0.717) is 16.3 Å². The highest BCUT2D eigenvalue weighted by atomic mass is 35.5. The Kier molecular flexibility index (Phi) is 5.98. The Labute approximate surface area is 144 Å². The molecule has 6 heteroatoms. The number of ether oxygens (including phenoxy) is 1. The Bertz CT molecular complexity index is 752. The monoisotopic (exact) mass is 345 g/mol. The first-order valence-corrected chi connectivity index (χ1v) is 7.62. The van der Waals surface area contributed by atoms with Crippen LogP contribution in [-0.4, -0.2) is 23.5 Å². The molecule has 0 aliphatic heterocycles. The minimum absolute atomic E-state index is 0.00231. The summed E-state index contributed by atoms with van der Waals surface area (Å²) < 4.78 is 4.96. The molecule has 0 fully saturated rings. The number of aromatic hydroxyl groups is 1. The van der Waals surface area contributed by atoms with E-state index in [4.69, 9.17) is 16.3 Å². The van der Waals surface area contributed by atoms with Crippen molar-refractivity contribution < 1.29 is 19.4 Å². The summed E-state index contributed by atoms with van der Waals surface area (Å²) in [6, 6.07) is 12.4. The zero-order valence-corrected chi connectivity index (χ0v) is 13.7. The van der Waals surface area contributed by atoms with Crippen LogP contribution in [0.2, 0.25) is 5.02 Å². The predicted molar refractivity (Wildman–Crippen MR) is 92.2 cm³/mol. The lowest BCUT2D eigenvalue weighted by atomic mass is 10.1. The van der Waals surface area contributed by atoms with Crippen molar-refractivity contribution in [3.63, 3.8) is 0 Å². The molecule has 0 amide bonds. The molecule has 0 aliphatic carbocycles. The lowest BCUT2D eigenvalue weighted by Gasteiger charge is -2.10. The van der Waals surface area contributed by atoms with Crippen molar-refractivity contribution in [3.8, 4) is 5.75 Å². The van der Waals surface area contributed by atoms with Crippen molar-refractivity contribution in [1.82, 2.24) is 0 Å². The fourth-order valence-electron chi connectivity index (χ4n) is 1.88. The van der Waals surface area contributed by atoms with Gasteiger partial charge in [-0.05, 0) is 55.5 Å². The summed E-state index contributed by atoms with van der Waals surface area (Å²) in [5, 5.41) is 12.7. The molecule has 0 spiro atoms. The maximum absolute atomic E-state index is 12.3. The van der Waals surface area contributed by atoms with Gasteiger partial charge < -0.3 is 15.2 Å². The first-order chi connectivity index (χ1) is 11.5. The van der Waals surface area contributed by atoms with Crippen LogP contribution in [0.25, 0.3) is 0 Å². The Morgan fingerprint density at radius 2 is 1.75 bits per heavy atom. The fraction of sp³-hybridized carbons (Fsp3) is 0.111. The van der Waals surface area contributed by atoms with Crippen molar-refractivity contribution in [2.75, 3.05) is 11.9 Å². The Hall–Kier alpha value is -2.79. The second-order valence-electron chi connectivity index (χ2n) is 4.82. The number of nitrogens with one attached hydrogen (secondary N) is 1. The molecule has 2 aromatic carbocycles. The van der Waals surface area contributed by atoms with Crippen LogP contribution in [0, 0.1) is 0 Å². The van der Waals surface area contributed by atoms with Gasteiger partial charge in [-0.2, -0.15) is 0 Å². The number of phenols is 1. The van der Waals surface area contributed by atoms with Gasteiger partial charge in [-0.25, -0.2) is 4.79 Å². The topological polar surface area (TPSA) is 75.6 Å². The highest BCUT2D eigenvalue weighted by Gasteiger charge is 2.14. The Balaban J connectivity index is 2.27. The first-order valence-electron chi connectivity index (χ1n) is 7.24. The molecular weight excluding hydrogens is 330 g/mol. The van der Waals surface area contributed by atoms with E-state index in [1.165, 1.54) is 18.2 Å². The minimum Gasteiger partial charge on any atom is -0.508 e. The smallest absolute Gasteiger partial charge is 0.354 e. The van der Waals surface area contributed by atoms with E-state index in [2.05, 4.69) is 5.32 Å². The second-order valence-corrected chi connectivity index (χ2v) is 5.26. The number of hydrogen-bond donors (Lipinski definition) is 2. The molecule has 0 bridgehead atoms. The first kappa shape index (κ1) is 17.6. The molecule has 0 heterocycles.